The molecule has 0 heterocycles. The van der Waals surface area contributed by atoms with Crippen molar-refractivity contribution in [3.8, 4) is 0 Å². The van der Waals surface area contributed by atoms with Gasteiger partial charge in [-0.3, -0.25) is 4.79 Å². The summed E-state index contributed by atoms with van der Waals surface area (Å²) in [4.78, 5) is 23.4. The molecule has 0 fully saturated rings. The van der Waals surface area contributed by atoms with Gasteiger partial charge in [0, 0.05) is 6.54 Å². The molecule has 0 aliphatic carbocycles. The van der Waals surface area contributed by atoms with Crippen molar-refractivity contribution in [2.75, 3.05) is 6.54 Å². The molecule has 0 bridgehead atoms. The monoisotopic (exact) mass is 307 g/mol. The highest BCUT2D eigenvalue weighted by atomic mass is 16.5. The second-order valence-electron chi connectivity index (χ2n) is 5.50. The Balaban J connectivity index is 2.53. The number of hydrogen-bond donors (Lipinski definition) is 2. The molecule has 0 saturated heterocycles. The van der Waals surface area contributed by atoms with Crippen LogP contribution in [-0.2, 0) is 16.1 Å². The number of carboxylic acids is 1. The molecular weight excluding hydrogens is 282 g/mol. The van der Waals surface area contributed by atoms with E-state index in [0.717, 1.165) is 18.4 Å². The summed E-state index contributed by atoms with van der Waals surface area (Å²) >= 11 is 0. The molecule has 1 aromatic carbocycles. The molecule has 0 radical (unpaired) electrons. The molecule has 0 aromatic heterocycles. The molecule has 1 amide bonds. The minimum absolute atomic E-state index is 0.0949. The lowest BCUT2D eigenvalue weighted by Crippen LogP contribution is -2.43. The van der Waals surface area contributed by atoms with Crippen LogP contribution in [0.4, 0.5) is 4.79 Å². The van der Waals surface area contributed by atoms with Crippen molar-refractivity contribution in [1.82, 2.24) is 5.32 Å². The number of benzene rings is 1. The number of carbonyl (C=O) groups excluding carboxylic acids is 1. The molecule has 22 heavy (non-hydrogen) atoms. The van der Waals surface area contributed by atoms with Crippen molar-refractivity contribution >= 4 is 12.1 Å². The van der Waals surface area contributed by atoms with Crippen molar-refractivity contribution in [1.29, 1.82) is 0 Å². The molecule has 122 valence electrons. The highest BCUT2D eigenvalue weighted by Gasteiger charge is 2.37. The third-order valence-corrected chi connectivity index (χ3v) is 3.69. The third kappa shape index (κ3) is 5.39. The molecule has 0 aliphatic rings. The fourth-order valence-corrected chi connectivity index (χ4v) is 2.56. The van der Waals surface area contributed by atoms with Gasteiger partial charge in [-0.1, -0.05) is 57.0 Å². The normalized spacial score (nSPS) is 11.0. The number of ether oxygens (including phenoxy) is 1. The number of amides is 1. The SMILES string of the molecule is CCCC(CCC)(CNC(=O)OCc1ccccc1)C(=O)O. The van der Waals surface area contributed by atoms with E-state index in [9.17, 15) is 14.7 Å². The van der Waals surface area contributed by atoms with E-state index in [-0.39, 0.29) is 13.2 Å². The molecule has 0 saturated carbocycles. The van der Waals surface area contributed by atoms with Crippen LogP contribution in [0.5, 0.6) is 0 Å². The van der Waals surface area contributed by atoms with Crippen LogP contribution < -0.4 is 5.32 Å². The van der Waals surface area contributed by atoms with Gasteiger partial charge in [0.1, 0.15) is 6.61 Å². The smallest absolute Gasteiger partial charge is 0.407 e. The summed E-state index contributed by atoms with van der Waals surface area (Å²) in [5, 5.41) is 12.1. The fourth-order valence-electron chi connectivity index (χ4n) is 2.56. The summed E-state index contributed by atoms with van der Waals surface area (Å²) in [7, 11) is 0. The molecule has 1 aromatic rings. The highest BCUT2D eigenvalue weighted by molar-refractivity contribution is 5.76. The van der Waals surface area contributed by atoms with Crippen LogP contribution in [0.25, 0.3) is 0 Å². The van der Waals surface area contributed by atoms with Gasteiger partial charge in [0.15, 0.2) is 0 Å². The zero-order valence-corrected chi connectivity index (χ0v) is 13.3. The number of aliphatic carboxylic acids is 1. The van der Waals surface area contributed by atoms with Crippen LogP contribution in [0.1, 0.15) is 45.1 Å². The lowest BCUT2D eigenvalue weighted by atomic mass is 9.79. The van der Waals surface area contributed by atoms with Gasteiger partial charge in [-0.05, 0) is 18.4 Å². The van der Waals surface area contributed by atoms with Gasteiger partial charge in [0.2, 0.25) is 0 Å². The van der Waals surface area contributed by atoms with Gasteiger partial charge < -0.3 is 15.2 Å². The van der Waals surface area contributed by atoms with Crippen molar-refractivity contribution in [2.45, 2.75) is 46.1 Å². The zero-order chi connectivity index (χ0) is 16.4. The van der Waals surface area contributed by atoms with Crippen molar-refractivity contribution < 1.29 is 19.4 Å². The van der Waals surface area contributed by atoms with Crippen molar-refractivity contribution in [3.05, 3.63) is 35.9 Å². The predicted octanol–water partition coefficient (Wildman–Crippen LogP) is 3.58. The minimum atomic E-state index is -0.907. The Kier molecular flexibility index (Phi) is 7.43. The lowest BCUT2D eigenvalue weighted by Gasteiger charge is -2.28. The van der Waals surface area contributed by atoms with Crippen LogP contribution >= 0.6 is 0 Å². The second kappa shape index (κ2) is 9.07. The summed E-state index contributed by atoms with van der Waals surface area (Å²) in [5.74, 6) is -0.862. The largest absolute Gasteiger partial charge is 0.481 e. The van der Waals surface area contributed by atoms with Gasteiger partial charge in [-0.2, -0.15) is 0 Å². The number of hydrogen-bond acceptors (Lipinski definition) is 3. The van der Waals surface area contributed by atoms with E-state index in [1.54, 1.807) is 0 Å². The average Bonchev–Trinajstić information content (AvgIpc) is 2.52. The van der Waals surface area contributed by atoms with Crippen LogP contribution in [0.2, 0.25) is 0 Å². The van der Waals surface area contributed by atoms with E-state index in [4.69, 9.17) is 4.74 Å². The number of carboxylic acid groups (broad SMARTS) is 1. The molecule has 0 unspecified atom stereocenters. The van der Waals surface area contributed by atoms with Crippen LogP contribution in [0, 0.1) is 5.41 Å². The maximum absolute atomic E-state index is 11.8. The molecule has 0 atom stereocenters. The molecular formula is C17H25NO4. The van der Waals surface area contributed by atoms with E-state index >= 15 is 0 Å². The maximum atomic E-state index is 11.8. The van der Waals surface area contributed by atoms with E-state index < -0.39 is 17.5 Å². The topological polar surface area (TPSA) is 75.6 Å². The molecule has 0 aliphatic heterocycles. The van der Waals surface area contributed by atoms with Crippen LogP contribution in [0.3, 0.4) is 0 Å². The van der Waals surface area contributed by atoms with Crippen molar-refractivity contribution in [2.24, 2.45) is 5.41 Å². The number of nitrogens with one attached hydrogen (secondary N) is 1. The van der Waals surface area contributed by atoms with Gasteiger partial charge in [-0.15, -0.1) is 0 Å². The van der Waals surface area contributed by atoms with E-state index in [1.807, 2.05) is 44.2 Å². The Morgan fingerprint density at radius 2 is 1.73 bits per heavy atom. The first kappa shape index (κ1) is 18.0. The van der Waals surface area contributed by atoms with Crippen molar-refractivity contribution in [3.63, 3.8) is 0 Å². The van der Waals surface area contributed by atoms with Crippen LogP contribution in [0.15, 0.2) is 30.3 Å². The van der Waals surface area contributed by atoms with E-state index in [1.165, 1.54) is 0 Å². The summed E-state index contributed by atoms with van der Waals surface area (Å²) < 4.78 is 5.12. The van der Waals surface area contributed by atoms with Gasteiger partial charge in [0.05, 0.1) is 5.41 Å². The first-order valence-corrected chi connectivity index (χ1v) is 7.72. The summed E-state index contributed by atoms with van der Waals surface area (Å²) in [5.41, 5.74) is -0.0146. The second-order valence-corrected chi connectivity index (χ2v) is 5.50. The number of alkyl carbamates (subject to hydrolysis) is 1. The summed E-state index contributed by atoms with van der Waals surface area (Å²) in [6.45, 7) is 4.16. The Morgan fingerprint density at radius 3 is 2.23 bits per heavy atom. The Morgan fingerprint density at radius 1 is 1.14 bits per heavy atom. The van der Waals surface area contributed by atoms with E-state index in [0.29, 0.717) is 12.8 Å². The van der Waals surface area contributed by atoms with E-state index in [2.05, 4.69) is 5.32 Å². The number of rotatable bonds is 9. The first-order chi connectivity index (χ1) is 10.5. The van der Waals surface area contributed by atoms with Gasteiger partial charge >= 0.3 is 12.1 Å². The summed E-state index contributed by atoms with van der Waals surface area (Å²) in [6.07, 6.45) is 2.01. The molecule has 5 nitrogen and oxygen atoms in total. The molecule has 0 spiro atoms. The lowest BCUT2D eigenvalue weighted by molar-refractivity contribution is -0.149. The Labute approximate surface area is 131 Å². The zero-order valence-electron chi connectivity index (χ0n) is 13.3. The minimum Gasteiger partial charge on any atom is -0.481 e. The molecule has 1 rings (SSSR count). The maximum Gasteiger partial charge on any atom is 0.407 e. The number of carbonyl (C=O) groups is 2. The van der Waals surface area contributed by atoms with Gasteiger partial charge in [-0.25, -0.2) is 4.79 Å². The Hall–Kier alpha value is -2.04. The predicted molar refractivity (Wildman–Crippen MR) is 84.5 cm³/mol. The van der Waals surface area contributed by atoms with Crippen LogP contribution in [-0.4, -0.2) is 23.7 Å². The molecule has 5 heteroatoms. The quantitative estimate of drug-likeness (QED) is 0.731. The van der Waals surface area contributed by atoms with Gasteiger partial charge in [0.25, 0.3) is 0 Å². The first-order valence-electron chi connectivity index (χ1n) is 7.72. The average molecular weight is 307 g/mol. The summed E-state index contributed by atoms with van der Waals surface area (Å²) in [6, 6.07) is 9.36. The molecule has 2 N–H and O–H groups in total. The Bertz CT molecular complexity index is 467. The highest BCUT2D eigenvalue weighted by Crippen LogP contribution is 2.29. The fraction of sp³-hybridized carbons (Fsp3) is 0.529. The standard InChI is InChI=1S/C17H25NO4/c1-3-10-17(11-4-2,15(19)20)13-18-16(21)22-12-14-8-6-5-7-9-14/h5-9H,3-4,10-13H2,1-2H3,(H,18,21)(H,19,20). The third-order valence-electron chi connectivity index (χ3n) is 3.69.